The zero-order valence-corrected chi connectivity index (χ0v) is 11.6. The monoisotopic (exact) mass is 200 g/mol. The molecule has 0 rings (SSSR count). The van der Waals surface area contributed by atoms with E-state index >= 15 is 0 Å². The van der Waals surface area contributed by atoms with E-state index in [0.29, 0.717) is 0 Å². The average Bonchev–Trinajstić information content (AvgIpc) is 1.59. The fourth-order valence-electron chi connectivity index (χ4n) is 1.12. The molecule has 0 aromatic rings. The second-order valence-corrected chi connectivity index (χ2v) is 16.3. The fourth-order valence-corrected chi connectivity index (χ4v) is 10.1. The molecule has 4 heteroatoms. The van der Waals surface area contributed by atoms with Crippen molar-refractivity contribution in [3.63, 3.8) is 0 Å². The van der Waals surface area contributed by atoms with E-state index in [1.54, 1.807) is 0 Å². The van der Waals surface area contributed by atoms with Crippen LogP contribution >= 0.6 is 11.6 Å². The molecule has 0 saturated heterocycles. The van der Waals surface area contributed by atoms with E-state index in [9.17, 15) is 0 Å². The van der Waals surface area contributed by atoms with E-state index in [1.165, 1.54) is 4.62 Å². The van der Waals surface area contributed by atoms with E-state index in [-0.39, 0.29) is 18.9 Å². The Kier molecular flexibility index (Phi) is 6.10. The maximum absolute atomic E-state index is 6.27. The van der Waals surface area contributed by atoms with Gasteiger partial charge in [-0.2, -0.15) is 0 Å². The fraction of sp³-hybridized carbons (Fsp3) is 0.857. The van der Waals surface area contributed by atoms with E-state index in [1.807, 2.05) is 0 Å². The van der Waals surface area contributed by atoms with Crippen molar-refractivity contribution in [3.05, 3.63) is 4.62 Å². The summed E-state index contributed by atoms with van der Waals surface area (Å²) in [6.45, 7) is 13.9. The number of rotatable bonds is 2. The number of hydrogen-bond acceptors (Lipinski definition) is 0. The van der Waals surface area contributed by atoms with Crippen LogP contribution in [0.5, 0.6) is 0 Å². The molecule has 62 valence electrons. The first-order valence-corrected chi connectivity index (χ1v) is 11.1. The molecule has 0 amide bonds. The first-order valence-electron chi connectivity index (χ1n) is 3.69. The van der Waals surface area contributed by atoms with Crippen molar-refractivity contribution in [3.8, 4) is 0 Å². The Hall–Kier alpha value is 1.32. The van der Waals surface area contributed by atoms with Gasteiger partial charge in [0.05, 0.1) is 0 Å². The van der Waals surface area contributed by atoms with Gasteiger partial charge in [0.1, 0.15) is 0 Å². The summed E-state index contributed by atoms with van der Waals surface area (Å²) < 4.78 is 1.32. The van der Waals surface area contributed by atoms with Crippen LogP contribution in [-0.2, 0) is 0 Å². The van der Waals surface area contributed by atoms with Gasteiger partial charge in [-0.25, -0.2) is 4.62 Å². The van der Waals surface area contributed by atoms with Crippen molar-refractivity contribution >= 4 is 27.7 Å². The third kappa shape index (κ3) is 5.54. The van der Waals surface area contributed by atoms with E-state index in [0.717, 1.165) is 0 Å². The molecule has 0 unspecified atom stereocenters. The molecule has 0 bridgehead atoms. The van der Waals surface area contributed by atoms with Gasteiger partial charge in [0.2, 0.25) is 0 Å². The minimum atomic E-state index is -1.15. The normalized spacial score (nSPS) is 13.1. The third-order valence-corrected chi connectivity index (χ3v) is 11.9. The quantitative estimate of drug-likeness (QED) is 0.451. The second-order valence-electron chi connectivity index (χ2n) is 4.81. The summed E-state index contributed by atoms with van der Waals surface area (Å²) in [7, 11) is -2.30. The van der Waals surface area contributed by atoms with Crippen LogP contribution in [0.4, 0.5) is 0 Å². The predicted molar refractivity (Wildman–Crippen MR) is 55.8 cm³/mol. The van der Waals surface area contributed by atoms with Crippen molar-refractivity contribution in [1.82, 2.24) is 0 Å². The molecule has 0 aromatic carbocycles. The molecule has 0 aliphatic carbocycles. The van der Waals surface area contributed by atoms with Gasteiger partial charge in [0.15, 0.2) is 0 Å². The zero-order chi connectivity index (χ0) is 8.58. The first kappa shape index (κ1) is 14.8. The van der Waals surface area contributed by atoms with Crippen LogP contribution in [0.2, 0.25) is 39.3 Å². The minimum absolute atomic E-state index is 0. The smallest absolute Gasteiger partial charge is 0.349 e. The Morgan fingerprint density at radius 2 is 1.00 bits per heavy atom. The van der Waals surface area contributed by atoms with Gasteiger partial charge in [-0.3, -0.25) is 0 Å². The molecular formula is C7H18ClLiSi2. The van der Waals surface area contributed by atoms with Crippen molar-refractivity contribution in [1.29, 1.82) is 0 Å². The third-order valence-electron chi connectivity index (χ3n) is 1.32. The average molecular weight is 201 g/mol. The Morgan fingerprint density at radius 3 is 1.00 bits per heavy atom. The maximum atomic E-state index is 6.27. The second kappa shape index (κ2) is 4.53. The Bertz CT molecular complexity index is 101. The Labute approximate surface area is 90.3 Å². The largest absolute Gasteiger partial charge is 1.00 e. The summed E-state index contributed by atoms with van der Waals surface area (Å²) >= 11 is 6.27. The summed E-state index contributed by atoms with van der Waals surface area (Å²) in [6, 6.07) is 0. The van der Waals surface area contributed by atoms with Crippen LogP contribution in [0.25, 0.3) is 0 Å². The zero-order valence-electron chi connectivity index (χ0n) is 8.88. The molecule has 0 spiro atoms. The SMILES string of the molecule is C[Si](C)(C)[C-](Cl)[Si](C)(C)C.[Li+]. The number of hydrogen-bond donors (Lipinski definition) is 0. The molecule has 0 aromatic heterocycles. The van der Waals surface area contributed by atoms with Crippen molar-refractivity contribution in [2.75, 3.05) is 0 Å². The van der Waals surface area contributed by atoms with Gasteiger partial charge in [0.25, 0.3) is 0 Å². The van der Waals surface area contributed by atoms with Gasteiger partial charge in [0, 0.05) is 0 Å². The summed E-state index contributed by atoms with van der Waals surface area (Å²) in [5.41, 5.74) is 0. The summed E-state index contributed by atoms with van der Waals surface area (Å²) in [5, 5.41) is 0. The molecule has 0 N–H and O–H groups in total. The van der Waals surface area contributed by atoms with Crippen LogP contribution in [-0.4, -0.2) is 16.1 Å². The minimum Gasteiger partial charge on any atom is -0.349 e. The van der Waals surface area contributed by atoms with Crippen molar-refractivity contribution in [2.24, 2.45) is 0 Å². The van der Waals surface area contributed by atoms with E-state index < -0.39 is 16.1 Å². The van der Waals surface area contributed by atoms with Gasteiger partial charge in [-0.05, 0) is 0 Å². The van der Waals surface area contributed by atoms with E-state index in [4.69, 9.17) is 11.6 Å². The van der Waals surface area contributed by atoms with Crippen molar-refractivity contribution in [2.45, 2.75) is 39.3 Å². The molecular weight excluding hydrogens is 183 g/mol. The summed E-state index contributed by atoms with van der Waals surface area (Å²) in [6.07, 6.45) is 0. The topological polar surface area (TPSA) is 0 Å². The van der Waals surface area contributed by atoms with Gasteiger partial charge >= 0.3 is 18.9 Å². The summed E-state index contributed by atoms with van der Waals surface area (Å²) in [4.78, 5) is 0. The van der Waals surface area contributed by atoms with Crippen LogP contribution in [0.1, 0.15) is 0 Å². The summed E-state index contributed by atoms with van der Waals surface area (Å²) in [5.74, 6) is 0. The molecule has 0 saturated carbocycles. The maximum Gasteiger partial charge on any atom is 1.00 e. The Morgan fingerprint density at radius 1 is 0.818 bits per heavy atom. The number of halogens is 1. The van der Waals surface area contributed by atoms with E-state index in [2.05, 4.69) is 39.3 Å². The molecule has 0 nitrogen and oxygen atoms in total. The van der Waals surface area contributed by atoms with Crippen LogP contribution in [0.3, 0.4) is 0 Å². The van der Waals surface area contributed by atoms with Crippen LogP contribution in [0.15, 0.2) is 0 Å². The first-order chi connectivity index (χ1) is 4.15. The van der Waals surface area contributed by atoms with Crippen LogP contribution < -0.4 is 18.9 Å². The van der Waals surface area contributed by atoms with Crippen molar-refractivity contribution < 1.29 is 18.9 Å². The molecule has 0 aliphatic rings. The predicted octanol–water partition coefficient (Wildman–Crippen LogP) is 0.516. The Balaban J connectivity index is 0. The van der Waals surface area contributed by atoms with Gasteiger partial charge in [-0.1, -0.05) is 55.4 Å². The van der Waals surface area contributed by atoms with Gasteiger partial charge in [-0.15, -0.1) is 0 Å². The molecule has 0 radical (unpaired) electrons. The molecule has 0 atom stereocenters. The molecule has 0 heterocycles. The van der Waals surface area contributed by atoms with Crippen LogP contribution in [0, 0.1) is 4.62 Å². The standard InChI is InChI=1S/C7H18ClSi2.Li/c1-9(2,3)7(8)10(4,5)6;/h1-6H3;/q-1;+1. The molecule has 0 fully saturated rings. The molecule has 0 aliphatic heterocycles. The molecule has 11 heavy (non-hydrogen) atoms. The van der Waals surface area contributed by atoms with Gasteiger partial charge < -0.3 is 11.6 Å².